The van der Waals surface area contributed by atoms with Crippen LogP contribution in [0.4, 0.5) is 0 Å². The normalized spacial score (nSPS) is 16.7. The van der Waals surface area contributed by atoms with Crippen molar-refractivity contribution in [2.45, 2.75) is 53.2 Å². The molecular weight excluding hydrogens is 308 g/mol. The van der Waals surface area contributed by atoms with Gasteiger partial charge in [-0.25, -0.2) is 9.97 Å². The molecule has 3 heterocycles. The number of hydrogen-bond acceptors (Lipinski definition) is 6. The van der Waals surface area contributed by atoms with Gasteiger partial charge >= 0.3 is 0 Å². The summed E-state index contributed by atoms with van der Waals surface area (Å²) < 4.78 is 6.08. The number of aryl methyl sites for hydroxylation is 4. The van der Waals surface area contributed by atoms with E-state index in [0.29, 0.717) is 5.88 Å². The van der Waals surface area contributed by atoms with Gasteiger partial charge in [-0.2, -0.15) is 0 Å². The van der Waals surface area contributed by atoms with Gasteiger partial charge in [0.15, 0.2) is 0 Å². The fourth-order valence-electron chi connectivity index (χ4n) is 2.89. The molecular formula is C17H24N4OS. The summed E-state index contributed by atoms with van der Waals surface area (Å²) in [4.78, 5) is 17.2. The standard InChI is InChI=1S/C17H24N4OS/c1-11-9-18-13(3)17(19-11)22-15-5-7-21(8-6-15)10-16-12(2)20-14(4)23-16/h9,15H,5-8,10H2,1-4H3. The molecule has 2 aromatic heterocycles. The minimum Gasteiger partial charge on any atom is -0.473 e. The van der Waals surface area contributed by atoms with Crippen LogP contribution in [0.25, 0.3) is 0 Å². The summed E-state index contributed by atoms with van der Waals surface area (Å²) >= 11 is 1.81. The van der Waals surface area contributed by atoms with Crippen LogP contribution in [-0.4, -0.2) is 39.0 Å². The van der Waals surface area contributed by atoms with Gasteiger partial charge in [0, 0.05) is 30.7 Å². The first kappa shape index (κ1) is 16.3. The van der Waals surface area contributed by atoms with Gasteiger partial charge in [0.1, 0.15) is 6.10 Å². The molecule has 1 saturated heterocycles. The lowest BCUT2D eigenvalue weighted by Gasteiger charge is -2.31. The first-order chi connectivity index (χ1) is 11.0. The van der Waals surface area contributed by atoms with Crippen molar-refractivity contribution in [2.75, 3.05) is 13.1 Å². The summed E-state index contributed by atoms with van der Waals surface area (Å²) in [7, 11) is 0. The Kier molecular flexibility index (Phi) is 4.92. The molecule has 1 aliphatic heterocycles. The second-order valence-electron chi connectivity index (χ2n) is 6.24. The number of likely N-dealkylation sites (tertiary alicyclic amines) is 1. The topological polar surface area (TPSA) is 51.1 Å². The highest BCUT2D eigenvalue weighted by atomic mass is 32.1. The van der Waals surface area contributed by atoms with Crippen LogP contribution in [0.1, 0.15) is 39.8 Å². The monoisotopic (exact) mass is 332 g/mol. The molecule has 1 aliphatic rings. The van der Waals surface area contributed by atoms with Crippen LogP contribution in [0.3, 0.4) is 0 Å². The fourth-order valence-corrected chi connectivity index (χ4v) is 3.87. The summed E-state index contributed by atoms with van der Waals surface area (Å²) in [6.45, 7) is 11.2. The first-order valence-corrected chi connectivity index (χ1v) is 8.95. The van der Waals surface area contributed by atoms with Crippen LogP contribution < -0.4 is 4.74 Å². The predicted octanol–water partition coefficient (Wildman–Crippen LogP) is 3.21. The third-order valence-corrected chi connectivity index (χ3v) is 5.27. The van der Waals surface area contributed by atoms with E-state index in [1.165, 1.54) is 10.6 Å². The number of piperidine rings is 1. The molecule has 124 valence electrons. The predicted molar refractivity (Wildman–Crippen MR) is 92.0 cm³/mol. The Bertz CT molecular complexity index is 677. The van der Waals surface area contributed by atoms with Gasteiger partial charge in [0.05, 0.1) is 22.1 Å². The lowest BCUT2D eigenvalue weighted by Crippen LogP contribution is -2.38. The Labute approximate surface area is 141 Å². The van der Waals surface area contributed by atoms with E-state index in [0.717, 1.165) is 48.9 Å². The average Bonchev–Trinajstić information content (AvgIpc) is 2.83. The maximum atomic E-state index is 6.08. The molecule has 0 N–H and O–H groups in total. The van der Waals surface area contributed by atoms with E-state index in [2.05, 4.69) is 33.7 Å². The van der Waals surface area contributed by atoms with E-state index in [1.807, 2.05) is 25.2 Å². The van der Waals surface area contributed by atoms with Gasteiger partial charge in [0.2, 0.25) is 5.88 Å². The molecule has 3 rings (SSSR count). The molecule has 23 heavy (non-hydrogen) atoms. The van der Waals surface area contributed by atoms with Crippen molar-refractivity contribution < 1.29 is 4.74 Å². The summed E-state index contributed by atoms with van der Waals surface area (Å²) in [6.07, 6.45) is 4.09. The van der Waals surface area contributed by atoms with Crippen molar-refractivity contribution in [3.05, 3.63) is 33.2 Å². The zero-order valence-electron chi connectivity index (χ0n) is 14.3. The second kappa shape index (κ2) is 6.93. The van der Waals surface area contributed by atoms with E-state index >= 15 is 0 Å². The summed E-state index contributed by atoms with van der Waals surface area (Å²) in [5.41, 5.74) is 2.95. The second-order valence-corrected chi connectivity index (χ2v) is 7.52. The molecule has 0 bridgehead atoms. The van der Waals surface area contributed by atoms with E-state index < -0.39 is 0 Å². The van der Waals surface area contributed by atoms with Crippen molar-refractivity contribution in [1.29, 1.82) is 0 Å². The van der Waals surface area contributed by atoms with Crippen molar-refractivity contribution in [3.63, 3.8) is 0 Å². The van der Waals surface area contributed by atoms with Gasteiger partial charge in [-0.1, -0.05) is 0 Å². The highest BCUT2D eigenvalue weighted by molar-refractivity contribution is 7.11. The maximum absolute atomic E-state index is 6.08. The number of rotatable bonds is 4. The Morgan fingerprint density at radius 2 is 1.87 bits per heavy atom. The van der Waals surface area contributed by atoms with Crippen molar-refractivity contribution in [3.8, 4) is 5.88 Å². The third kappa shape index (κ3) is 4.06. The third-order valence-electron chi connectivity index (χ3n) is 4.21. The van der Waals surface area contributed by atoms with Crippen LogP contribution in [0.2, 0.25) is 0 Å². The summed E-state index contributed by atoms with van der Waals surface area (Å²) in [5.74, 6) is 0.692. The highest BCUT2D eigenvalue weighted by Crippen LogP contribution is 2.23. The SMILES string of the molecule is Cc1cnc(C)c(OC2CCN(Cc3sc(C)nc3C)CC2)n1. The van der Waals surface area contributed by atoms with Gasteiger partial charge in [0.25, 0.3) is 0 Å². The number of nitrogens with zero attached hydrogens (tertiary/aromatic N) is 4. The molecule has 0 aliphatic carbocycles. The first-order valence-electron chi connectivity index (χ1n) is 8.13. The van der Waals surface area contributed by atoms with Crippen LogP contribution in [0, 0.1) is 27.7 Å². The lowest BCUT2D eigenvalue weighted by atomic mass is 10.1. The van der Waals surface area contributed by atoms with Crippen LogP contribution in [-0.2, 0) is 6.54 Å². The molecule has 0 unspecified atom stereocenters. The largest absolute Gasteiger partial charge is 0.473 e. The molecule has 0 amide bonds. The van der Waals surface area contributed by atoms with Gasteiger partial charge in [-0.3, -0.25) is 9.88 Å². The van der Waals surface area contributed by atoms with Crippen LogP contribution >= 0.6 is 11.3 Å². The Hall–Kier alpha value is -1.53. The zero-order valence-corrected chi connectivity index (χ0v) is 15.1. The average molecular weight is 332 g/mol. The molecule has 6 heteroatoms. The maximum Gasteiger partial charge on any atom is 0.235 e. The molecule has 1 fully saturated rings. The van der Waals surface area contributed by atoms with Crippen molar-refractivity contribution >= 4 is 11.3 Å². The number of aromatic nitrogens is 3. The zero-order chi connectivity index (χ0) is 16.4. The minimum absolute atomic E-state index is 0.241. The van der Waals surface area contributed by atoms with E-state index in [4.69, 9.17) is 4.74 Å². The molecule has 0 radical (unpaired) electrons. The Morgan fingerprint density at radius 1 is 1.13 bits per heavy atom. The van der Waals surface area contributed by atoms with Crippen molar-refractivity contribution in [2.24, 2.45) is 0 Å². The van der Waals surface area contributed by atoms with Gasteiger partial charge in [-0.15, -0.1) is 11.3 Å². The lowest BCUT2D eigenvalue weighted by molar-refractivity contribution is 0.0925. The fraction of sp³-hybridized carbons (Fsp3) is 0.588. The van der Waals surface area contributed by atoms with E-state index in [9.17, 15) is 0 Å². The number of ether oxygens (including phenoxy) is 1. The number of thiazole rings is 1. The summed E-state index contributed by atoms with van der Waals surface area (Å²) in [6, 6.07) is 0. The molecule has 0 spiro atoms. The van der Waals surface area contributed by atoms with Crippen LogP contribution in [0.5, 0.6) is 5.88 Å². The van der Waals surface area contributed by atoms with Gasteiger partial charge in [-0.05, 0) is 40.5 Å². The van der Waals surface area contributed by atoms with Crippen LogP contribution in [0.15, 0.2) is 6.20 Å². The molecule has 0 atom stereocenters. The summed E-state index contributed by atoms with van der Waals surface area (Å²) in [5, 5.41) is 1.16. The molecule has 0 saturated carbocycles. The minimum atomic E-state index is 0.241. The molecule has 2 aromatic rings. The highest BCUT2D eigenvalue weighted by Gasteiger charge is 2.22. The Morgan fingerprint density at radius 3 is 2.52 bits per heavy atom. The molecule has 0 aromatic carbocycles. The van der Waals surface area contributed by atoms with E-state index in [1.54, 1.807) is 6.20 Å². The quantitative estimate of drug-likeness (QED) is 0.860. The van der Waals surface area contributed by atoms with Gasteiger partial charge < -0.3 is 4.74 Å². The van der Waals surface area contributed by atoms with Crippen molar-refractivity contribution in [1.82, 2.24) is 19.9 Å². The smallest absolute Gasteiger partial charge is 0.235 e. The Balaban J connectivity index is 1.54. The molecule has 5 nitrogen and oxygen atoms in total. The number of hydrogen-bond donors (Lipinski definition) is 0. The van der Waals surface area contributed by atoms with E-state index in [-0.39, 0.29) is 6.10 Å².